The lowest BCUT2D eigenvalue weighted by atomic mass is 10.1. The van der Waals surface area contributed by atoms with Crippen LogP contribution in [0.3, 0.4) is 0 Å². The Morgan fingerprint density at radius 1 is 1.42 bits per heavy atom. The maximum atomic E-state index is 6.05. The van der Waals surface area contributed by atoms with Gasteiger partial charge in [0.1, 0.15) is 11.9 Å². The zero-order valence-electron chi connectivity index (χ0n) is 12.4. The Labute approximate surface area is 116 Å². The first-order valence-electron chi connectivity index (χ1n) is 7.30. The number of nitrogens with two attached hydrogens (primary N) is 1. The van der Waals surface area contributed by atoms with Crippen LogP contribution in [-0.4, -0.2) is 36.7 Å². The van der Waals surface area contributed by atoms with Crippen molar-refractivity contribution in [3.05, 3.63) is 29.3 Å². The van der Waals surface area contributed by atoms with Gasteiger partial charge in [-0.2, -0.15) is 0 Å². The molecule has 0 amide bonds. The fourth-order valence-corrected chi connectivity index (χ4v) is 2.67. The van der Waals surface area contributed by atoms with Crippen molar-refractivity contribution in [3.8, 4) is 5.75 Å². The van der Waals surface area contributed by atoms with E-state index in [1.165, 1.54) is 11.1 Å². The zero-order valence-corrected chi connectivity index (χ0v) is 12.4. The first-order chi connectivity index (χ1) is 9.10. The molecule has 0 saturated heterocycles. The molecule has 0 aromatic heterocycles. The van der Waals surface area contributed by atoms with Gasteiger partial charge in [0.15, 0.2) is 0 Å². The molecule has 0 fully saturated rings. The molecule has 1 aliphatic heterocycles. The Bertz CT molecular complexity index is 417. The molecule has 0 aliphatic carbocycles. The van der Waals surface area contributed by atoms with Gasteiger partial charge < -0.3 is 10.5 Å². The molecular weight excluding hydrogens is 236 g/mol. The first kappa shape index (κ1) is 14.4. The first-order valence-corrected chi connectivity index (χ1v) is 7.30. The van der Waals surface area contributed by atoms with Crippen LogP contribution in [0.25, 0.3) is 0 Å². The van der Waals surface area contributed by atoms with Crippen LogP contribution in [0, 0.1) is 6.92 Å². The number of rotatable bonds is 6. The Kier molecular flexibility index (Phi) is 4.83. The molecule has 3 heteroatoms. The summed E-state index contributed by atoms with van der Waals surface area (Å²) in [6.45, 7) is 9.42. The van der Waals surface area contributed by atoms with Crippen LogP contribution in [0.2, 0.25) is 0 Å². The maximum Gasteiger partial charge on any atom is 0.123 e. The summed E-state index contributed by atoms with van der Waals surface area (Å²) in [6, 6.07) is 7.01. The van der Waals surface area contributed by atoms with Crippen LogP contribution >= 0.6 is 0 Å². The maximum absolute atomic E-state index is 6.05. The minimum atomic E-state index is 0.289. The van der Waals surface area contributed by atoms with Crippen LogP contribution < -0.4 is 10.5 Å². The summed E-state index contributed by atoms with van der Waals surface area (Å²) in [5, 5.41) is 0. The van der Waals surface area contributed by atoms with E-state index in [0.29, 0.717) is 6.04 Å². The van der Waals surface area contributed by atoms with Gasteiger partial charge in [0, 0.05) is 19.0 Å². The molecule has 1 aliphatic rings. The monoisotopic (exact) mass is 262 g/mol. The minimum Gasteiger partial charge on any atom is -0.488 e. The molecule has 1 aromatic carbocycles. The van der Waals surface area contributed by atoms with Crippen LogP contribution in [0.1, 0.15) is 31.4 Å². The third-order valence-electron chi connectivity index (χ3n) is 3.78. The van der Waals surface area contributed by atoms with Crippen molar-refractivity contribution in [3.63, 3.8) is 0 Å². The second-order valence-electron chi connectivity index (χ2n) is 5.79. The third kappa shape index (κ3) is 3.71. The molecule has 0 bridgehead atoms. The van der Waals surface area contributed by atoms with Crippen molar-refractivity contribution in [2.24, 2.45) is 5.73 Å². The van der Waals surface area contributed by atoms with E-state index in [4.69, 9.17) is 10.5 Å². The lowest BCUT2D eigenvalue weighted by Gasteiger charge is -2.28. The molecule has 1 unspecified atom stereocenters. The van der Waals surface area contributed by atoms with Crippen LogP contribution in [0.4, 0.5) is 0 Å². The van der Waals surface area contributed by atoms with Gasteiger partial charge in [0.25, 0.3) is 0 Å². The normalized spacial score (nSPS) is 17.9. The van der Waals surface area contributed by atoms with E-state index >= 15 is 0 Å². The summed E-state index contributed by atoms with van der Waals surface area (Å²) in [6.07, 6.45) is 2.37. The van der Waals surface area contributed by atoms with Crippen LogP contribution in [-0.2, 0) is 6.42 Å². The van der Waals surface area contributed by atoms with Crippen molar-refractivity contribution in [2.45, 2.75) is 45.8 Å². The molecule has 19 heavy (non-hydrogen) atoms. The Morgan fingerprint density at radius 3 is 2.89 bits per heavy atom. The van der Waals surface area contributed by atoms with E-state index in [-0.39, 0.29) is 6.10 Å². The van der Waals surface area contributed by atoms with E-state index in [2.05, 4.69) is 43.9 Å². The largest absolute Gasteiger partial charge is 0.488 e. The number of nitrogens with zero attached hydrogens (tertiary/aromatic N) is 1. The SMILES string of the molecule is Cc1ccc2c(c1)CC(CN(CCCN)C(C)C)O2. The highest BCUT2D eigenvalue weighted by atomic mass is 16.5. The van der Waals surface area contributed by atoms with Crippen LogP contribution in [0.15, 0.2) is 18.2 Å². The van der Waals surface area contributed by atoms with Gasteiger partial charge in [-0.05, 0) is 51.9 Å². The zero-order chi connectivity index (χ0) is 13.8. The van der Waals surface area contributed by atoms with E-state index in [9.17, 15) is 0 Å². The van der Waals surface area contributed by atoms with E-state index in [0.717, 1.165) is 38.2 Å². The number of aryl methyl sites for hydroxylation is 1. The molecule has 0 radical (unpaired) electrons. The third-order valence-corrected chi connectivity index (χ3v) is 3.78. The topological polar surface area (TPSA) is 38.5 Å². The average molecular weight is 262 g/mol. The molecule has 1 atom stereocenters. The van der Waals surface area contributed by atoms with Crippen molar-refractivity contribution in [2.75, 3.05) is 19.6 Å². The molecule has 0 spiro atoms. The van der Waals surface area contributed by atoms with E-state index in [1.807, 2.05) is 0 Å². The fourth-order valence-electron chi connectivity index (χ4n) is 2.67. The van der Waals surface area contributed by atoms with Crippen molar-refractivity contribution < 1.29 is 4.74 Å². The number of fused-ring (bicyclic) bond motifs is 1. The van der Waals surface area contributed by atoms with Crippen molar-refractivity contribution in [1.29, 1.82) is 0 Å². The number of hydrogen-bond donors (Lipinski definition) is 1. The molecule has 1 heterocycles. The Morgan fingerprint density at radius 2 is 2.21 bits per heavy atom. The summed E-state index contributed by atoms with van der Waals surface area (Å²) >= 11 is 0. The lowest BCUT2D eigenvalue weighted by Crippen LogP contribution is -2.40. The Balaban J connectivity index is 1.94. The number of ether oxygens (including phenoxy) is 1. The summed E-state index contributed by atoms with van der Waals surface area (Å²) in [7, 11) is 0. The standard InChI is InChI=1S/C16H26N2O/c1-12(2)18(8-4-7-17)11-15-10-14-9-13(3)5-6-16(14)19-15/h5-6,9,12,15H,4,7-8,10-11,17H2,1-3H3. The quantitative estimate of drug-likeness (QED) is 0.855. The van der Waals surface area contributed by atoms with E-state index in [1.54, 1.807) is 0 Å². The highest BCUT2D eigenvalue weighted by molar-refractivity contribution is 5.40. The summed E-state index contributed by atoms with van der Waals surface area (Å²) in [4.78, 5) is 2.47. The van der Waals surface area contributed by atoms with Gasteiger partial charge in [0.05, 0.1) is 0 Å². The van der Waals surface area contributed by atoms with Gasteiger partial charge >= 0.3 is 0 Å². The van der Waals surface area contributed by atoms with Crippen LogP contribution in [0.5, 0.6) is 5.75 Å². The molecular formula is C16H26N2O. The molecule has 106 valence electrons. The minimum absolute atomic E-state index is 0.289. The molecule has 0 saturated carbocycles. The number of benzene rings is 1. The average Bonchev–Trinajstić information content (AvgIpc) is 2.75. The number of hydrogen-bond acceptors (Lipinski definition) is 3. The summed E-state index contributed by atoms with van der Waals surface area (Å²) < 4.78 is 6.05. The smallest absolute Gasteiger partial charge is 0.123 e. The predicted molar refractivity (Wildman–Crippen MR) is 79.7 cm³/mol. The molecule has 2 N–H and O–H groups in total. The van der Waals surface area contributed by atoms with Crippen molar-refractivity contribution in [1.82, 2.24) is 4.90 Å². The van der Waals surface area contributed by atoms with Gasteiger partial charge in [0.2, 0.25) is 0 Å². The fraction of sp³-hybridized carbons (Fsp3) is 0.625. The van der Waals surface area contributed by atoms with Gasteiger partial charge in [-0.15, -0.1) is 0 Å². The second kappa shape index (κ2) is 6.40. The molecule has 2 rings (SSSR count). The molecule has 3 nitrogen and oxygen atoms in total. The van der Waals surface area contributed by atoms with E-state index < -0.39 is 0 Å². The van der Waals surface area contributed by atoms with Gasteiger partial charge in [-0.1, -0.05) is 17.7 Å². The second-order valence-corrected chi connectivity index (χ2v) is 5.79. The molecule has 1 aromatic rings. The summed E-state index contributed by atoms with van der Waals surface area (Å²) in [5.74, 6) is 1.07. The highest BCUT2D eigenvalue weighted by Gasteiger charge is 2.25. The predicted octanol–water partition coefficient (Wildman–Crippen LogP) is 2.36. The van der Waals surface area contributed by atoms with Crippen molar-refractivity contribution >= 4 is 0 Å². The van der Waals surface area contributed by atoms with Gasteiger partial charge in [-0.25, -0.2) is 0 Å². The summed E-state index contributed by atoms with van der Waals surface area (Å²) in [5.41, 5.74) is 8.28. The van der Waals surface area contributed by atoms with Gasteiger partial charge in [-0.3, -0.25) is 4.90 Å². The lowest BCUT2D eigenvalue weighted by molar-refractivity contribution is 0.127. The Hall–Kier alpha value is -1.06. The highest BCUT2D eigenvalue weighted by Crippen LogP contribution is 2.30.